The summed E-state index contributed by atoms with van der Waals surface area (Å²) in [6.07, 6.45) is 6.92. The zero-order chi connectivity index (χ0) is 9.10. The second-order valence-electron chi connectivity index (χ2n) is 4.55. The fourth-order valence-corrected chi connectivity index (χ4v) is 2.34. The summed E-state index contributed by atoms with van der Waals surface area (Å²) in [7, 11) is 2.10. The van der Waals surface area contributed by atoms with E-state index in [-0.39, 0.29) is 0 Å². The van der Waals surface area contributed by atoms with Gasteiger partial charge >= 0.3 is 0 Å². The van der Waals surface area contributed by atoms with Crippen LogP contribution in [0.3, 0.4) is 0 Å². The van der Waals surface area contributed by atoms with Gasteiger partial charge < -0.3 is 10.1 Å². The van der Waals surface area contributed by atoms with Crippen LogP contribution in [0.15, 0.2) is 0 Å². The maximum absolute atomic E-state index is 5.53. The van der Waals surface area contributed by atoms with Gasteiger partial charge in [-0.25, -0.2) is 0 Å². The van der Waals surface area contributed by atoms with Crippen LogP contribution in [0.4, 0.5) is 0 Å². The SMILES string of the molecule is CNC(CC1CC1)C1CCCOC1. The average Bonchev–Trinajstić information content (AvgIpc) is 2.99. The Labute approximate surface area is 81.0 Å². The van der Waals surface area contributed by atoms with Gasteiger partial charge in [-0.3, -0.25) is 0 Å². The van der Waals surface area contributed by atoms with Gasteiger partial charge in [0.25, 0.3) is 0 Å². The molecule has 2 rings (SSSR count). The van der Waals surface area contributed by atoms with E-state index in [1.54, 1.807) is 0 Å². The van der Waals surface area contributed by atoms with E-state index in [4.69, 9.17) is 4.74 Å². The van der Waals surface area contributed by atoms with Crippen molar-refractivity contribution in [1.29, 1.82) is 0 Å². The molecule has 0 aromatic heterocycles. The fraction of sp³-hybridized carbons (Fsp3) is 1.00. The van der Waals surface area contributed by atoms with Gasteiger partial charge in [0.15, 0.2) is 0 Å². The summed E-state index contributed by atoms with van der Waals surface area (Å²) in [6.45, 7) is 1.97. The molecule has 2 heteroatoms. The monoisotopic (exact) mass is 183 g/mol. The third-order valence-corrected chi connectivity index (χ3v) is 3.42. The summed E-state index contributed by atoms with van der Waals surface area (Å²) in [5, 5.41) is 3.46. The molecule has 0 aromatic rings. The Balaban J connectivity index is 1.78. The minimum absolute atomic E-state index is 0.716. The number of rotatable bonds is 4. The molecule has 0 aromatic carbocycles. The lowest BCUT2D eigenvalue weighted by atomic mass is 9.90. The van der Waals surface area contributed by atoms with Crippen molar-refractivity contribution in [1.82, 2.24) is 5.32 Å². The van der Waals surface area contributed by atoms with Crippen LogP contribution in [0, 0.1) is 11.8 Å². The van der Waals surface area contributed by atoms with Crippen LogP contribution in [0.1, 0.15) is 32.1 Å². The zero-order valence-electron chi connectivity index (χ0n) is 8.59. The third kappa shape index (κ3) is 2.68. The lowest BCUT2D eigenvalue weighted by Gasteiger charge is -2.30. The molecular formula is C11H21NO. The molecule has 2 fully saturated rings. The molecule has 1 saturated heterocycles. The van der Waals surface area contributed by atoms with E-state index < -0.39 is 0 Å². The van der Waals surface area contributed by atoms with Crippen molar-refractivity contribution in [2.45, 2.75) is 38.1 Å². The van der Waals surface area contributed by atoms with Crippen LogP contribution in [-0.2, 0) is 4.74 Å². The lowest BCUT2D eigenvalue weighted by molar-refractivity contribution is 0.0383. The standard InChI is InChI=1S/C11H21NO/c1-12-11(7-9-4-5-9)10-3-2-6-13-8-10/h9-12H,2-8H2,1H3. The molecule has 13 heavy (non-hydrogen) atoms. The van der Waals surface area contributed by atoms with Gasteiger partial charge in [0.2, 0.25) is 0 Å². The molecule has 2 atom stereocenters. The van der Waals surface area contributed by atoms with Crippen LogP contribution in [0.5, 0.6) is 0 Å². The Kier molecular flexibility index (Phi) is 3.23. The van der Waals surface area contributed by atoms with Crippen LogP contribution in [0.25, 0.3) is 0 Å². The molecular weight excluding hydrogens is 162 g/mol. The normalized spacial score (nSPS) is 31.6. The van der Waals surface area contributed by atoms with Gasteiger partial charge in [0.05, 0.1) is 6.61 Å². The van der Waals surface area contributed by atoms with E-state index in [0.717, 1.165) is 25.0 Å². The predicted molar refractivity (Wildman–Crippen MR) is 53.7 cm³/mol. The molecule has 0 amide bonds. The molecule has 1 heterocycles. The van der Waals surface area contributed by atoms with Crippen LogP contribution >= 0.6 is 0 Å². The molecule has 2 nitrogen and oxygen atoms in total. The Hall–Kier alpha value is -0.0800. The highest BCUT2D eigenvalue weighted by Gasteiger charge is 2.30. The van der Waals surface area contributed by atoms with Crippen LogP contribution in [0.2, 0.25) is 0 Å². The van der Waals surface area contributed by atoms with Gasteiger partial charge in [0.1, 0.15) is 0 Å². The molecule has 1 saturated carbocycles. The van der Waals surface area contributed by atoms with E-state index in [9.17, 15) is 0 Å². The number of ether oxygens (including phenoxy) is 1. The van der Waals surface area contributed by atoms with Crippen molar-refractivity contribution in [3.63, 3.8) is 0 Å². The molecule has 0 radical (unpaired) electrons. The average molecular weight is 183 g/mol. The highest BCUT2D eigenvalue weighted by atomic mass is 16.5. The number of hydrogen-bond acceptors (Lipinski definition) is 2. The van der Waals surface area contributed by atoms with Crippen LogP contribution < -0.4 is 5.32 Å². The van der Waals surface area contributed by atoms with Crippen molar-refractivity contribution in [3.05, 3.63) is 0 Å². The summed E-state index contributed by atoms with van der Waals surface area (Å²) >= 11 is 0. The summed E-state index contributed by atoms with van der Waals surface area (Å²) in [6, 6.07) is 0.716. The van der Waals surface area contributed by atoms with Gasteiger partial charge in [-0.1, -0.05) is 12.8 Å². The second-order valence-corrected chi connectivity index (χ2v) is 4.55. The van der Waals surface area contributed by atoms with Gasteiger partial charge in [0, 0.05) is 12.6 Å². The Morgan fingerprint density at radius 3 is 2.77 bits per heavy atom. The zero-order valence-corrected chi connectivity index (χ0v) is 8.59. The largest absolute Gasteiger partial charge is 0.381 e. The first-order valence-electron chi connectivity index (χ1n) is 5.65. The van der Waals surface area contributed by atoms with E-state index >= 15 is 0 Å². The van der Waals surface area contributed by atoms with E-state index in [1.807, 2.05) is 0 Å². The van der Waals surface area contributed by atoms with E-state index in [2.05, 4.69) is 12.4 Å². The highest BCUT2D eigenvalue weighted by Crippen LogP contribution is 2.35. The van der Waals surface area contributed by atoms with Crippen molar-refractivity contribution in [2.24, 2.45) is 11.8 Å². The lowest BCUT2D eigenvalue weighted by Crippen LogP contribution is -2.38. The van der Waals surface area contributed by atoms with E-state index in [1.165, 1.54) is 32.1 Å². The predicted octanol–water partition coefficient (Wildman–Crippen LogP) is 1.80. The number of nitrogens with one attached hydrogen (secondary N) is 1. The van der Waals surface area contributed by atoms with E-state index in [0.29, 0.717) is 6.04 Å². The molecule has 76 valence electrons. The molecule has 0 spiro atoms. The summed E-state index contributed by atoms with van der Waals surface area (Å²) < 4.78 is 5.53. The van der Waals surface area contributed by atoms with Crippen molar-refractivity contribution < 1.29 is 4.74 Å². The van der Waals surface area contributed by atoms with Gasteiger partial charge in [-0.05, 0) is 38.1 Å². The summed E-state index contributed by atoms with van der Waals surface area (Å²) in [4.78, 5) is 0. The molecule has 1 aliphatic carbocycles. The molecule has 0 bridgehead atoms. The maximum atomic E-state index is 5.53. The third-order valence-electron chi connectivity index (χ3n) is 3.42. The first kappa shape index (κ1) is 9.47. The fourth-order valence-electron chi connectivity index (χ4n) is 2.34. The smallest absolute Gasteiger partial charge is 0.0509 e. The van der Waals surface area contributed by atoms with Crippen LogP contribution in [-0.4, -0.2) is 26.3 Å². The van der Waals surface area contributed by atoms with Crippen molar-refractivity contribution in [3.8, 4) is 0 Å². The topological polar surface area (TPSA) is 21.3 Å². The number of hydrogen-bond donors (Lipinski definition) is 1. The minimum atomic E-state index is 0.716. The molecule has 2 aliphatic rings. The first-order valence-corrected chi connectivity index (χ1v) is 5.65. The Morgan fingerprint density at radius 2 is 2.23 bits per heavy atom. The summed E-state index contributed by atoms with van der Waals surface area (Å²) in [5.41, 5.74) is 0. The second kappa shape index (κ2) is 4.43. The Bertz CT molecular complexity index is 150. The van der Waals surface area contributed by atoms with Crippen molar-refractivity contribution in [2.75, 3.05) is 20.3 Å². The highest BCUT2D eigenvalue weighted by molar-refractivity contribution is 4.84. The minimum Gasteiger partial charge on any atom is -0.381 e. The Morgan fingerprint density at radius 1 is 1.38 bits per heavy atom. The van der Waals surface area contributed by atoms with Gasteiger partial charge in [-0.15, -0.1) is 0 Å². The van der Waals surface area contributed by atoms with Crippen molar-refractivity contribution >= 4 is 0 Å². The molecule has 1 N–H and O–H groups in total. The summed E-state index contributed by atoms with van der Waals surface area (Å²) in [5.74, 6) is 1.80. The first-order chi connectivity index (χ1) is 6.40. The quantitative estimate of drug-likeness (QED) is 0.717. The maximum Gasteiger partial charge on any atom is 0.0509 e. The van der Waals surface area contributed by atoms with Gasteiger partial charge in [-0.2, -0.15) is 0 Å². The molecule has 1 aliphatic heterocycles. The molecule has 2 unspecified atom stereocenters.